The molecule has 1 N–H and O–H groups in total. The highest BCUT2D eigenvalue weighted by Gasteiger charge is 2.08. The molecule has 0 saturated heterocycles. The second-order valence-electron chi connectivity index (χ2n) is 4.08. The van der Waals surface area contributed by atoms with E-state index in [-0.39, 0.29) is 6.04 Å². The van der Waals surface area contributed by atoms with Crippen molar-refractivity contribution in [3.63, 3.8) is 0 Å². The summed E-state index contributed by atoms with van der Waals surface area (Å²) < 4.78 is 15.4. The molecule has 0 spiro atoms. The molecule has 0 fully saturated rings. The first-order valence-electron chi connectivity index (χ1n) is 5.62. The van der Waals surface area contributed by atoms with E-state index < -0.39 is 5.82 Å². The molecule has 18 heavy (non-hydrogen) atoms. The van der Waals surface area contributed by atoms with E-state index in [9.17, 15) is 4.39 Å². The van der Waals surface area contributed by atoms with Crippen LogP contribution < -0.4 is 5.32 Å². The number of rotatable bonds is 4. The molecule has 0 bridgehead atoms. The summed E-state index contributed by atoms with van der Waals surface area (Å²) in [5, 5.41) is 15.8. The van der Waals surface area contributed by atoms with Crippen LogP contribution in [0.3, 0.4) is 0 Å². The largest absolute Gasteiger partial charge is 0.378 e. The minimum atomic E-state index is -0.415. The average molecular weight is 244 g/mol. The Bertz CT molecular complexity index is 557. The molecule has 2 rings (SSSR count). The molecule has 1 atom stereocenters. The van der Waals surface area contributed by atoms with Gasteiger partial charge in [-0.1, -0.05) is 0 Å². The molecule has 1 unspecified atom stereocenters. The van der Waals surface area contributed by atoms with Crippen LogP contribution in [0.4, 0.5) is 10.1 Å². The molecule has 5 heteroatoms. The van der Waals surface area contributed by atoms with Gasteiger partial charge in [-0.15, -0.1) is 0 Å². The predicted molar refractivity (Wildman–Crippen MR) is 66.4 cm³/mol. The monoisotopic (exact) mass is 244 g/mol. The molecule has 0 aliphatic heterocycles. The Labute approximate surface area is 105 Å². The summed E-state index contributed by atoms with van der Waals surface area (Å²) in [7, 11) is 0. The van der Waals surface area contributed by atoms with Crippen molar-refractivity contribution in [3.8, 4) is 6.07 Å². The first kappa shape index (κ1) is 12.1. The van der Waals surface area contributed by atoms with Crippen LogP contribution >= 0.6 is 0 Å². The molecular formula is C13H13FN4. The fraction of sp³-hybridized carbons (Fsp3) is 0.231. The quantitative estimate of drug-likeness (QED) is 0.898. The maximum Gasteiger partial charge on any atom is 0.147 e. The number of anilines is 1. The SMILES string of the molecule is CC(Cn1cccn1)Nc1ccc(C#N)cc1F. The molecule has 0 saturated carbocycles. The van der Waals surface area contributed by atoms with Gasteiger partial charge in [0.2, 0.25) is 0 Å². The lowest BCUT2D eigenvalue weighted by molar-refractivity contribution is 0.555. The normalized spacial score (nSPS) is 11.8. The fourth-order valence-electron chi connectivity index (χ4n) is 1.70. The van der Waals surface area contributed by atoms with Crippen LogP contribution in [0.5, 0.6) is 0 Å². The first-order chi connectivity index (χ1) is 8.69. The van der Waals surface area contributed by atoms with E-state index >= 15 is 0 Å². The number of nitrogens with zero attached hydrogens (tertiary/aromatic N) is 3. The molecule has 0 amide bonds. The summed E-state index contributed by atoms with van der Waals surface area (Å²) in [6.45, 7) is 2.59. The van der Waals surface area contributed by atoms with Gasteiger partial charge in [-0.2, -0.15) is 10.4 Å². The number of nitriles is 1. The first-order valence-corrected chi connectivity index (χ1v) is 5.62. The minimum absolute atomic E-state index is 0.0346. The number of benzene rings is 1. The summed E-state index contributed by atoms with van der Waals surface area (Å²) in [6, 6.07) is 8.17. The van der Waals surface area contributed by atoms with Crippen LogP contribution in [0.2, 0.25) is 0 Å². The predicted octanol–water partition coefficient (Wildman–Crippen LogP) is 2.39. The van der Waals surface area contributed by atoms with Crippen molar-refractivity contribution < 1.29 is 4.39 Å². The van der Waals surface area contributed by atoms with Gasteiger partial charge in [-0.3, -0.25) is 4.68 Å². The van der Waals surface area contributed by atoms with Gasteiger partial charge in [0, 0.05) is 18.4 Å². The van der Waals surface area contributed by atoms with Crippen LogP contribution in [0.1, 0.15) is 12.5 Å². The van der Waals surface area contributed by atoms with Crippen molar-refractivity contribution in [2.45, 2.75) is 19.5 Å². The number of aromatic nitrogens is 2. The maximum absolute atomic E-state index is 13.6. The Hall–Kier alpha value is -2.35. The van der Waals surface area contributed by atoms with E-state index in [1.165, 1.54) is 6.07 Å². The van der Waals surface area contributed by atoms with Gasteiger partial charge >= 0.3 is 0 Å². The molecular weight excluding hydrogens is 231 g/mol. The van der Waals surface area contributed by atoms with Gasteiger partial charge in [-0.05, 0) is 31.2 Å². The second-order valence-corrected chi connectivity index (χ2v) is 4.08. The van der Waals surface area contributed by atoms with Crippen LogP contribution in [-0.2, 0) is 6.54 Å². The van der Waals surface area contributed by atoms with Crippen molar-refractivity contribution in [2.75, 3.05) is 5.32 Å². The third-order valence-corrected chi connectivity index (χ3v) is 2.52. The van der Waals surface area contributed by atoms with E-state index in [0.717, 1.165) is 0 Å². The molecule has 1 aromatic heterocycles. The lowest BCUT2D eigenvalue weighted by atomic mass is 10.2. The third kappa shape index (κ3) is 2.86. The molecule has 2 aromatic rings. The summed E-state index contributed by atoms with van der Waals surface area (Å²) in [6.07, 6.45) is 3.56. The highest BCUT2D eigenvalue weighted by Crippen LogP contribution is 2.16. The summed E-state index contributed by atoms with van der Waals surface area (Å²) in [4.78, 5) is 0. The van der Waals surface area contributed by atoms with Gasteiger partial charge in [0.25, 0.3) is 0 Å². The fourth-order valence-corrected chi connectivity index (χ4v) is 1.70. The Morgan fingerprint density at radius 3 is 3.00 bits per heavy atom. The Morgan fingerprint density at radius 2 is 2.39 bits per heavy atom. The third-order valence-electron chi connectivity index (χ3n) is 2.52. The zero-order valence-electron chi connectivity index (χ0n) is 9.97. The smallest absolute Gasteiger partial charge is 0.147 e. The van der Waals surface area contributed by atoms with Crippen molar-refractivity contribution in [3.05, 3.63) is 48.0 Å². The highest BCUT2D eigenvalue weighted by atomic mass is 19.1. The Kier molecular flexibility index (Phi) is 3.58. The Morgan fingerprint density at radius 1 is 1.56 bits per heavy atom. The van der Waals surface area contributed by atoms with E-state index in [1.807, 2.05) is 25.3 Å². The second kappa shape index (κ2) is 5.32. The van der Waals surface area contributed by atoms with Crippen molar-refractivity contribution in [1.82, 2.24) is 9.78 Å². The molecule has 4 nitrogen and oxygen atoms in total. The minimum Gasteiger partial charge on any atom is -0.378 e. The number of hydrogen-bond acceptors (Lipinski definition) is 3. The van der Waals surface area contributed by atoms with Crippen molar-refractivity contribution in [1.29, 1.82) is 5.26 Å². The van der Waals surface area contributed by atoms with Crippen molar-refractivity contribution in [2.24, 2.45) is 0 Å². The standard InChI is InChI=1S/C13H13FN4/c1-10(9-18-6-2-5-16-18)17-13-4-3-11(8-15)7-12(13)14/h2-7,10,17H,9H2,1H3. The van der Waals surface area contributed by atoms with Crippen LogP contribution in [0, 0.1) is 17.1 Å². The van der Waals surface area contributed by atoms with Gasteiger partial charge in [-0.25, -0.2) is 4.39 Å². The van der Waals surface area contributed by atoms with E-state index in [4.69, 9.17) is 5.26 Å². The van der Waals surface area contributed by atoms with Gasteiger partial charge < -0.3 is 5.32 Å². The van der Waals surface area contributed by atoms with E-state index in [1.54, 1.807) is 23.0 Å². The van der Waals surface area contributed by atoms with Gasteiger partial charge in [0.05, 0.1) is 23.9 Å². The lowest BCUT2D eigenvalue weighted by Crippen LogP contribution is -2.22. The number of halogens is 1. The number of nitrogens with one attached hydrogen (secondary N) is 1. The molecule has 0 radical (unpaired) electrons. The molecule has 1 heterocycles. The lowest BCUT2D eigenvalue weighted by Gasteiger charge is -2.15. The molecule has 0 aliphatic carbocycles. The zero-order valence-corrected chi connectivity index (χ0v) is 9.97. The molecule has 0 aliphatic rings. The van der Waals surface area contributed by atoms with Crippen LogP contribution in [0.25, 0.3) is 0 Å². The average Bonchev–Trinajstić information content (AvgIpc) is 2.84. The van der Waals surface area contributed by atoms with E-state index in [0.29, 0.717) is 17.8 Å². The van der Waals surface area contributed by atoms with Crippen LogP contribution in [0.15, 0.2) is 36.7 Å². The highest BCUT2D eigenvalue weighted by molar-refractivity contribution is 5.49. The summed E-state index contributed by atoms with van der Waals surface area (Å²) in [5.74, 6) is -0.415. The maximum atomic E-state index is 13.6. The summed E-state index contributed by atoms with van der Waals surface area (Å²) in [5.41, 5.74) is 0.714. The van der Waals surface area contributed by atoms with Crippen LogP contribution in [-0.4, -0.2) is 15.8 Å². The Balaban J connectivity index is 2.03. The zero-order chi connectivity index (χ0) is 13.0. The molecule has 1 aromatic carbocycles. The topological polar surface area (TPSA) is 53.6 Å². The molecule has 92 valence electrons. The van der Waals surface area contributed by atoms with E-state index in [2.05, 4.69) is 10.4 Å². The van der Waals surface area contributed by atoms with Gasteiger partial charge in [0.15, 0.2) is 0 Å². The van der Waals surface area contributed by atoms with Gasteiger partial charge in [0.1, 0.15) is 5.82 Å². The number of hydrogen-bond donors (Lipinski definition) is 1. The van der Waals surface area contributed by atoms with Crippen molar-refractivity contribution >= 4 is 5.69 Å². The summed E-state index contributed by atoms with van der Waals surface area (Å²) >= 11 is 0.